The number of nitrogens with zero attached hydrogens (tertiary/aromatic N) is 4. The van der Waals surface area contributed by atoms with Crippen LogP contribution in [0.15, 0.2) is 83.3 Å². The van der Waals surface area contributed by atoms with E-state index < -0.39 is 257 Å². The number of allylic oxidation sites excluding steroid dienone is 11. The zero-order valence-corrected chi connectivity index (χ0v) is 91.6. The van der Waals surface area contributed by atoms with E-state index >= 15 is 17.6 Å². The van der Waals surface area contributed by atoms with Crippen LogP contribution in [0.3, 0.4) is 0 Å². The molecule has 32 atom stereocenters. The lowest BCUT2D eigenvalue weighted by Crippen LogP contribution is -2.70. The zero-order chi connectivity index (χ0) is 110. The Hall–Kier alpha value is -9.73. The van der Waals surface area contributed by atoms with Crippen LogP contribution < -0.4 is 0 Å². The maximum absolute atomic E-state index is 17.9. The number of aromatic nitrogens is 4. The van der Waals surface area contributed by atoms with Crippen LogP contribution in [0.4, 0.5) is 17.6 Å². The van der Waals surface area contributed by atoms with Crippen LogP contribution in [0.2, 0.25) is 0 Å². The first-order valence-electron chi connectivity index (χ1n) is 54.8. The van der Waals surface area contributed by atoms with E-state index in [0.717, 1.165) is 44.8 Å². The lowest BCUT2D eigenvalue weighted by atomic mass is 9.43. The molecular formula is C117H158F4N4O25. The number of aliphatic hydroxyl groups excluding tert-OH is 4. The van der Waals surface area contributed by atoms with Crippen molar-refractivity contribution in [2.24, 2.45) is 128 Å². The molecule has 0 bridgehead atoms. The number of halogens is 4. The van der Waals surface area contributed by atoms with E-state index in [-0.39, 0.29) is 107 Å². The number of carbonyl (C=O) groups excluding carboxylic acids is 13. The number of esters is 8. The number of fused-ring (bicyclic) bond motifs is 22. The summed E-state index contributed by atoms with van der Waals surface area (Å²) in [6, 6.07) is 0. The third-order valence-corrected chi connectivity index (χ3v) is 41.4. The van der Waals surface area contributed by atoms with Crippen LogP contribution in [0, 0.1) is 114 Å². The molecular weight excluding hydrogens is 1940 g/mol. The highest BCUT2D eigenvalue weighted by Gasteiger charge is 2.84. The smallest absolute Gasteiger partial charge is 0.306 e. The van der Waals surface area contributed by atoms with Gasteiger partial charge in [-0.25, -0.2) is 17.6 Å². The molecule has 2 heterocycles. The van der Waals surface area contributed by atoms with Gasteiger partial charge in [-0.2, -0.15) is 10.2 Å². The van der Waals surface area contributed by atoms with Gasteiger partial charge in [0.15, 0.2) is 66.0 Å². The molecule has 0 unspecified atom stereocenters. The topological polar surface area (TPSA) is 412 Å². The number of aliphatic hydroxyl groups is 4. The van der Waals surface area contributed by atoms with Gasteiger partial charge in [0.1, 0.15) is 11.3 Å². The molecule has 0 spiro atoms. The van der Waals surface area contributed by atoms with Crippen LogP contribution >= 0.6 is 0 Å². The summed E-state index contributed by atoms with van der Waals surface area (Å²) in [7, 11) is 3.73. The molecule has 0 aromatic carbocycles. The second-order valence-corrected chi connectivity index (χ2v) is 48.3. The number of ether oxygens (including phenoxy) is 8. The number of aryl methyl sites for hydroxylation is 2. The summed E-state index contributed by atoms with van der Waals surface area (Å²) in [5.41, 5.74) is -14.4. The molecule has 33 heteroatoms. The minimum absolute atomic E-state index is 0.0395. The van der Waals surface area contributed by atoms with Crippen LogP contribution in [-0.4, -0.2) is 213 Å². The number of carbonyl (C=O) groups is 13. The average Bonchev–Trinajstić information content (AvgIpc) is 1.47. The quantitative estimate of drug-likeness (QED) is 0.0431. The second-order valence-electron chi connectivity index (χ2n) is 48.3. The van der Waals surface area contributed by atoms with E-state index in [4.69, 9.17) is 37.9 Å². The van der Waals surface area contributed by atoms with Crippen molar-refractivity contribution >= 4 is 88.8 Å². The Kier molecular flexibility index (Phi) is 30.9. The van der Waals surface area contributed by atoms with Gasteiger partial charge in [-0.1, -0.05) is 178 Å². The molecule has 0 radical (unpaired) electrons. The molecule has 29 nitrogen and oxygen atoms in total. The summed E-state index contributed by atoms with van der Waals surface area (Å²) in [5.74, 6) is -11.9. The van der Waals surface area contributed by atoms with Crippen molar-refractivity contribution < 1.29 is 138 Å². The number of hydrogen-bond donors (Lipinski definition) is 4. The highest BCUT2D eigenvalue weighted by atomic mass is 19.2. The normalized spacial score (nSPS) is 41.7. The van der Waals surface area contributed by atoms with E-state index in [0.29, 0.717) is 95.5 Å². The largest absolute Gasteiger partial charge is 0.457 e. The molecule has 18 rings (SSSR count). The minimum atomic E-state index is -2.05. The predicted molar refractivity (Wildman–Crippen MR) is 543 cm³/mol. The molecule has 150 heavy (non-hydrogen) atoms. The Bertz CT molecular complexity index is 5830. The Morgan fingerprint density at radius 2 is 0.673 bits per heavy atom. The monoisotopic (exact) mass is 2100 g/mol. The van der Waals surface area contributed by atoms with Gasteiger partial charge in [0.2, 0.25) is 23.1 Å². The number of alkyl halides is 4. The fraction of sp³-hybridized carbons (Fsp3) is 0.718. The van der Waals surface area contributed by atoms with Crippen LogP contribution in [0.25, 0.3) is 12.2 Å². The van der Waals surface area contributed by atoms with Gasteiger partial charge in [-0.05, 0) is 194 Å². The summed E-state index contributed by atoms with van der Waals surface area (Å²) >= 11 is 0. The van der Waals surface area contributed by atoms with Crippen molar-refractivity contribution in [3.63, 3.8) is 0 Å². The van der Waals surface area contributed by atoms with Crippen molar-refractivity contribution in [1.29, 1.82) is 0 Å². The summed E-state index contributed by atoms with van der Waals surface area (Å²) in [4.78, 5) is 166. The van der Waals surface area contributed by atoms with E-state index in [1.807, 2.05) is 120 Å². The predicted octanol–water partition coefficient (Wildman–Crippen LogP) is 16.9. The van der Waals surface area contributed by atoms with Gasteiger partial charge in [-0.15, -0.1) is 0 Å². The van der Waals surface area contributed by atoms with Crippen LogP contribution in [0.5, 0.6) is 0 Å². The first kappa shape index (κ1) is 114. The van der Waals surface area contributed by atoms with Crippen LogP contribution in [0.1, 0.15) is 315 Å². The average molecular weight is 2100 g/mol. The van der Waals surface area contributed by atoms with Crippen molar-refractivity contribution in [3.05, 3.63) is 106 Å². The maximum Gasteiger partial charge on any atom is 0.306 e. The van der Waals surface area contributed by atoms with Gasteiger partial charge >= 0.3 is 47.8 Å². The van der Waals surface area contributed by atoms with Gasteiger partial charge in [0.05, 0.1) is 42.0 Å². The fourth-order valence-electron chi connectivity index (χ4n) is 34.1. The lowest BCUT2D eigenvalue weighted by molar-refractivity contribution is -0.234. The van der Waals surface area contributed by atoms with Crippen molar-refractivity contribution in [1.82, 2.24) is 19.6 Å². The molecule has 0 amide bonds. The molecule has 12 saturated carbocycles. The second kappa shape index (κ2) is 40.5. The standard InChI is InChI=1S/2C30H41FN2O6.C29H39FO6.C28H37FO7/c1-7-25(36)38-16-24(35)30(39-26(37)8-2)17(3)11-21-20-10-9-19-12-22-18(15-33(6)32-22)13-27(19,4)29(20,31)23(34)14-28(21,30)5;1-7-25(36)38-16-24(35)30(39-26(37)8-2)17(3)11-21-20-10-9-19-12-22-18(15-32-33(22)6)13-27(19,4)29(20,31)23(34)14-28(21,30)5;1-7-24(33)35-16-23(32)29(36-25(34)8-2)18(4)14-21-20-10-9-19-13-17(3)11-12-26(19,5)28(20,30)22(31)15-27(21,29)6;1-6-23(33)35-15-22(32)28(36-24(34)7-2)16(3)12-20-19-9-8-17-13-18(30)10-11-25(17,4)27(19,29)21(31)14-26(20,28)5/h2*12,15,17,20-21,23,34H,7-11,13-14,16H2,1-6H3;11-13,18,20-22,31H,3,7-10,14-16H2,1-2,4-6H3;10-11,13,16,19-21,31H,6-9,12,14-15H2,1-5H3/t2*17-,20-,21-,23-,27-,28-,29-,30-;18-,20-,21-,22-,26-,27-,28-,29-;16-,19-,20-,21-,25-,26-,27-,28-/m0000/s1. The van der Waals surface area contributed by atoms with E-state index in [1.54, 1.807) is 90.9 Å². The minimum Gasteiger partial charge on any atom is -0.457 e. The number of Topliss-reactive ketones (excluding diaryl/α,β-unsaturated/α-hetero) is 4. The SMILES string of the molecule is C=C1C=C[C@@]2(C)C(=C1)CC[C@H]1[C@@H]3C[C@H](C)[C@](OC(=O)CC)(C(=O)COC(=O)CC)[C@@]3(C)C[C@H](O)[C@@]12F.CCC(=O)OCC(=O)[C@@]1(OC(=O)CC)[C@@H](C)C[C@H]2[C@@H]3CCC4=CC(=O)C=C[C@]4(C)[C@@]3(F)[C@@H](O)C[C@@]21C.CCC(=O)OCC(=O)[C@@]1(OC(=O)CC)[C@@H](C)C[C@H]2[C@@H]3CCC4=Cc5c(cnn5C)C[C@]4(C)[C@@]3(F)[C@@H](O)C[C@@]21C.CCC(=O)OCC(=O)[C@@]1(OC(=O)CC)[C@@H](C)C[C@H]2[C@@H]3CCC4=Cc5nn(C)cc5C[C@]4(C)[C@@]3(F)[C@@H](O)C[C@@]21C. The summed E-state index contributed by atoms with van der Waals surface area (Å²) in [6.07, 6.45) is 19.7. The van der Waals surface area contributed by atoms with Crippen molar-refractivity contribution in [2.45, 2.75) is 375 Å². The third-order valence-electron chi connectivity index (χ3n) is 41.4. The molecule has 4 N–H and O–H groups in total. The zero-order valence-electron chi connectivity index (χ0n) is 91.6. The molecule has 824 valence electrons. The van der Waals surface area contributed by atoms with Gasteiger partial charge in [-0.3, -0.25) is 71.7 Å². The van der Waals surface area contributed by atoms with Crippen LogP contribution in [-0.2, 0) is 127 Å². The molecule has 2 aromatic heterocycles. The molecule has 16 aliphatic rings. The Morgan fingerprint density at radius 3 is 1.00 bits per heavy atom. The van der Waals surface area contributed by atoms with Gasteiger partial charge < -0.3 is 58.3 Å². The van der Waals surface area contributed by atoms with E-state index in [1.165, 1.54) is 12.2 Å². The van der Waals surface area contributed by atoms with E-state index in [9.17, 15) is 82.8 Å². The lowest BCUT2D eigenvalue weighted by Gasteiger charge is -2.63. The van der Waals surface area contributed by atoms with Crippen molar-refractivity contribution in [2.75, 3.05) is 26.4 Å². The highest BCUT2D eigenvalue weighted by Crippen LogP contribution is 2.78. The van der Waals surface area contributed by atoms with Gasteiger partial charge in [0.25, 0.3) is 0 Å². The fourth-order valence-corrected chi connectivity index (χ4v) is 34.1. The van der Waals surface area contributed by atoms with E-state index in [2.05, 4.69) is 16.8 Å². The van der Waals surface area contributed by atoms with Crippen molar-refractivity contribution in [3.8, 4) is 0 Å². The highest BCUT2D eigenvalue weighted by molar-refractivity contribution is 6.02. The summed E-state index contributed by atoms with van der Waals surface area (Å²) in [5, 5.41) is 55.7. The molecule has 2 aromatic rings. The Morgan fingerprint density at radius 1 is 0.387 bits per heavy atom. The Balaban J connectivity index is 0.000000150. The third kappa shape index (κ3) is 16.5. The summed E-state index contributed by atoms with van der Waals surface area (Å²) in [6.45, 7) is 37.2. The number of hydrogen-bond acceptors (Lipinski definition) is 27. The molecule has 16 aliphatic carbocycles. The summed E-state index contributed by atoms with van der Waals surface area (Å²) < 4.78 is 119. The first-order valence-corrected chi connectivity index (χ1v) is 54.8. The molecule has 0 aliphatic heterocycles. The first-order chi connectivity index (χ1) is 70.2. The number of ketones is 5. The molecule has 12 fully saturated rings. The van der Waals surface area contributed by atoms with Gasteiger partial charge in [0, 0.05) is 162 Å². The maximum atomic E-state index is 17.9. The molecule has 0 saturated heterocycles. The number of rotatable bonds is 24. The Labute approximate surface area is 877 Å².